The quantitative estimate of drug-likeness (QED) is 0.476. The molecule has 9 heteroatoms. The SMILES string of the molecule is Cc1nc2c(C)cc(-c3cc(F)c4nc(N5CCC6(CCN(C)CC6)C5)oc4c3)nn2n1. The number of piperidine rings is 1. The van der Waals surface area contributed by atoms with Gasteiger partial charge in [-0.15, -0.1) is 14.8 Å². The minimum atomic E-state index is -0.407. The van der Waals surface area contributed by atoms with E-state index in [4.69, 9.17) is 4.42 Å². The molecule has 0 atom stereocenters. The van der Waals surface area contributed by atoms with Gasteiger partial charge >= 0.3 is 0 Å². The lowest BCUT2D eigenvalue weighted by molar-refractivity contribution is 0.141. The van der Waals surface area contributed by atoms with Gasteiger partial charge in [-0.25, -0.2) is 9.37 Å². The Morgan fingerprint density at radius 3 is 2.59 bits per heavy atom. The number of hydrogen-bond donors (Lipinski definition) is 0. The second kappa shape index (κ2) is 6.96. The number of hydrogen-bond acceptors (Lipinski definition) is 7. The summed E-state index contributed by atoms with van der Waals surface area (Å²) in [5, 5.41) is 8.83. The Morgan fingerprint density at radius 1 is 1.00 bits per heavy atom. The Balaban J connectivity index is 1.34. The van der Waals surface area contributed by atoms with Crippen LogP contribution in [0.3, 0.4) is 0 Å². The van der Waals surface area contributed by atoms with Crippen LogP contribution >= 0.6 is 0 Å². The highest BCUT2D eigenvalue weighted by molar-refractivity contribution is 5.81. The molecule has 2 aliphatic heterocycles. The maximum Gasteiger partial charge on any atom is 0.298 e. The van der Waals surface area contributed by atoms with Gasteiger partial charge in [0.25, 0.3) is 6.01 Å². The number of benzene rings is 1. The van der Waals surface area contributed by atoms with Crippen molar-refractivity contribution in [3.05, 3.63) is 35.4 Å². The smallest absolute Gasteiger partial charge is 0.298 e. The van der Waals surface area contributed by atoms with Gasteiger partial charge in [-0.3, -0.25) is 0 Å². The lowest BCUT2D eigenvalue weighted by Crippen LogP contribution is -2.39. The van der Waals surface area contributed by atoms with Crippen LogP contribution in [0.15, 0.2) is 22.6 Å². The fourth-order valence-corrected chi connectivity index (χ4v) is 5.12. The molecule has 3 aromatic heterocycles. The summed E-state index contributed by atoms with van der Waals surface area (Å²) in [5.74, 6) is 0.238. The molecule has 2 fully saturated rings. The Labute approximate surface area is 185 Å². The summed E-state index contributed by atoms with van der Waals surface area (Å²) < 4.78 is 22.6. The van der Waals surface area contributed by atoms with E-state index in [0.717, 1.165) is 38.2 Å². The van der Waals surface area contributed by atoms with Gasteiger partial charge in [-0.1, -0.05) is 0 Å². The van der Waals surface area contributed by atoms with Gasteiger partial charge in [-0.2, -0.15) is 4.98 Å². The average Bonchev–Trinajstić information content (AvgIpc) is 3.47. The normalized spacial score (nSPS) is 19.1. The standard InChI is InChI=1S/C23H26FN7O/c1-14-10-18(28-31-21(14)25-15(2)27-31)16-11-17(24)20-19(12-16)32-22(26-20)30-9-6-23(13-30)4-7-29(3)8-5-23/h10-12H,4-9,13H2,1-3H3. The number of aromatic nitrogens is 5. The molecule has 166 valence electrons. The van der Waals surface area contributed by atoms with Crippen molar-refractivity contribution in [3.8, 4) is 11.3 Å². The van der Waals surface area contributed by atoms with Crippen molar-refractivity contribution >= 4 is 22.8 Å². The van der Waals surface area contributed by atoms with Crippen LogP contribution in [0.2, 0.25) is 0 Å². The Kier molecular flexibility index (Phi) is 4.27. The number of halogens is 1. The van der Waals surface area contributed by atoms with E-state index < -0.39 is 5.82 Å². The predicted octanol–water partition coefficient (Wildman–Crippen LogP) is 3.61. The van der Waals surface area contributed by atoms with Crippen LogP contribution in [-0.2, 0) is 0 Å². The molecule has 1 aromatic carbocycles. The van der Waals surface area contributed by atoms with Crippen molar-refractivity contribution in [1.29, 1.82) is 0 Å². The maximum absolute atomic E-state index is 15.0. The van der Waals surface area contributed by atoms with Crippen LogP contribution in [0.5, 0.6) is 0 Å². The van der Waals surface area contributed by atoms with Crippen molar-refractivity contribution in [2.75, 3.05) is 38.1 Å². The van der Waals surface area contributed by atoms with Crippen molar-refractivity contribution in [3.63, 3.8) is 0 Å². The van der Waals surface area contributed by atoms with Gasteiger partial charge in [0.15, 0.2) is 17.0 Å². The predicted molar refractivity (Wildman–Crippen MR) is 119 cm³/mol. The molecule has 2 saturated heterocycles. The first-order valence-corrected chi connectivity index (χ1v) is 11.1. The van der Waals surface area contributed by atoms with E-state index in [9.17, 15) is 0 Å². The van der Waals surface area contributed by atoms with E-state index in [0.29, 0.717) is 39.7 Å². The number of rotatable bonds is 2. The van der Waals surface area contributed by atoms with Crippen molar-refractivity contribution < 1.29 is 8.81 Å². The van der Waals surface area contributed by atoms with E-state index in [1.54, 1.807) is 0 Å². The molecular formula is C23H26FN7O. The third-order valence-corrected chi connectivity index (χ3v) is 7.09. The zero-order chi connectivity index (χ0) is 22.0. The molecule has 0 aliphatic carbocycles. The summed E-state index contributed by atoms with van der Waals surface area (Å²) in [4.78, 5) is 13.5. The maximum atomic E-state index is 15.0. The number of likely N-dealkylation sites (tertiary alicyclic amines) is 1. The minimum Gasteiger partial charge on any atom is -0.423 e. The summed E-state index contributed by atoms with van der Waals surface area (Å²) >= 11 is 0. The first-order chi connectivity index (χ1) is 15.4. The molecule has 0 amide bonds. The Hall–Kier alpha value is -3.07. The van der Waals surface area contributed by atoms with Crippen molar-refractivity contribution in [1.82, 2.24) is 29.7 Å². The summed E-state index contributed by atoms with van der Waals surface area (Å²) in [7, 11) is 2.18. The number of nitrogens with zero attached hydrogens (tertiary/aromatic N) is 7. The summed E-state index contributed by atoms with van der Waals surface area (Å²) in [6.07, 6.45) is 3.51. The van der Waals surface area contributed by atoms with Gasteiger partial charge < -0.3 is 14.2 Å². The first-order valence-electron chi connectivity index (χ1n) is 11.1. The monoisotopic (exact) mass is 435 g/mol. The van der Waals surface area contributed by atoms with Crippen LogP contribution in [-0.4, -0.2) is 62.9 Å². The van der Waals surface area contributed by atoms with E-state index in [1.165, 1.54) is 23.5 Å². The molecule has 32 heavy (non-hydrogen) atoms. The lowest BCUT2D eigenvalue weighted by atomic mass is 9.78. The highest BCUT2D eigenvalue weighted by atomic mass is 19.1. The number of anilines is 1. The van der Waals surface area contributed by atoms with Crippen LogP contribution in [0.25, 0.3) is 28.0 Å². The zero-order valence-electron chi connectivity index (χ0n) is 18.6. The molecule has 0 radical (unpaired) electrons. The Bertz CT molecular complexity index is 1340. The number of aryl methyl sites for hydroxylation is 2. The molecular weight excluding hydrogens is 409 g/mol. The lowest BCUT2D eigenvalue weighted by Gasteiger charge is -2.37. The molecule has 1 spiro atoms. The molecule has 0 unspecified atom stereocenters. The fourth-order valence-electron chi connectivity index (χ4n) is 5.12. The molecule has 6 rings (SSSR count). The minimum absolute atomic E-state index is 0.266. The number of oxazole rings is 1. The van der Waals surface area contributed by atoms with E-state index >= 15 is 4.39 Å². The average molecular weight is 436 g/mol. The van der Waals surface area contributed by atoms with Gasteiger partial charge in [0.1, 0.15) is 11.3 Å². The van der Waals surface area contributed by atoms with Gasteiger partial charge in [0.2, 0.25) is 0 Å². The topological polar surface area (TPSA) is 75.6 Å². The highest BCUT2D eigenvalue weighted by Gasteiger charge is 2.41. The fraction of sp³-hybridized carbons (Fsp3) is 0.478. The molecule has 4 aromatic rings. The Morgan fingerprint density at radius 2 is 1.78 bits per heavy atom. The summed E-state index contributed by atoms with van der Waals surface area (Å²) in [5.41, 5.74) is 3.90. The van der Waals surface area contributed by atoms with Gasteiger partial charge in [-0.05, 0) is 82.4 Å². The van der Waals surface area contributed by atoms with E-state index in [2.05, 4.69) is 37.0 Å². The molecule has 5 heterocycles. The molecule has 2 aliphatic rings. The molecule has 8 nitrogen and oxygen atoms in total. The third-order valence-electron chi connectivity index (χ3n) is 7.09. The van der Waals surface area contributed by atoms with Crippen LogP contribution < -0.4 is 4.90 Å². The molecule has 0 saturated carbocycles. The van der Waals surface area contributed by atoms with Crippen LogP contribution in [0.1, 0.15) is 30.7 Å². The zero-order valence-corrected chi connectivity index (χ0v) is 18.6. The summed E-state index contributed by atoms with van der Waals surface area (Å²) in [6.45, 7) is 7.84. The van der Waals surface area contributed by atoms with E-state index in [1.807, 2.05) is 26.0 Å². The van der Waals surface area contributed by atoms with E-state index in [-0.39, 0.29) is 5.52 Å². The third kappa shape index (κ3) is 3.14. The second-order valence-corrected chi connectivity index (χ2v) is 9.46. The van der Waals surface area contributed by atoms with Crippen molar-refractivity contribution in [2.45, 2.75) is 33.1 Å². The van der Waals surface area contributed by atoms with Gasteiger partial charge in [0.05, 0.1) is 5.69 Å². The van der Waals surface area contributed by atoms with Crippen LogP contribution in [0.4, 0.5) is 10.4 Å². The number of fused-ring (bicyclic) bond motifs is 2. The highest BCUT2D eigenvalue weighted by Crippen LogP contribution is 2.42. The molecule has 0 N–H and O–H groups in total. The first kappa shape index (κ1) is 19.6. The molecule has 0 bridgehead atoms. The largest absolute Gasteiger partial charge is 0.423 e. The van der Waals surface area contributed by atoms with Gasteiger partial charge in [0, 0.05) is 18.7 Å². The second-order valence-electron chi connectivity index (χ2n) is 9.46. The van der Waals surface area contributed by atoms with Crippen molar-refractivity contribution in [2.24, 2.45) is 5.41 Å². The summed E-state index contributed by atoms with van der Waals surface area (Å²) in [6, 6.07) is 5.69. The van der Waals surface area contributed by atoms with Crippen LogP contribution in [0, 0.1) is 25.1 Å².